The van der Waals surface area contributed by atoms with Crippen LogP contribution in [-0.4, -0.2) is 24.1 Å². The van der Waals surface area contributed by atoms with E-state index in [-0.39, 0.29) is 0 Å². The molecule has 4 rings (SSSR count). The molecule has 0 aliphatic rings. The normalized spacial score (nSPS) is 11.1. The second-order valence-electron chi connectivity index (χ2n) is 4.95. The van der Waals surface area contributed by atoms with E-state index in [9.17, 15) is 0 Å². The third-order valence-electron chi connectivity index (χ3n) is 3.44. The van der Waals surface area contributed by atoms with Crippen LogP contribution in [0.15, 0.2) is 48.5 Å². The van der Waals surface area contributed by atoms with Crippen molar-refractivity contribution in [2.45, 2.75) is 6.54 Å². The minimum atomic E-state index is 0.749. The van der Waals surface area contributed by atoms with Gasteiger partial charge in [0.05, 0.1) is 24.6 Å². The van der Waals surface area contributed by atoms with Gasteiger partial charge in [-0.05, 0) is 11.4 Å². The monoisotopic (exact) mass is 310 g/mol. The molecular weight excluding hydrogens is 296 g/mol. The summed E-state index contributed by atoms with van der Waals surface area (Å²) >= 11 is 1.72. The van der Waals surface area contributed by atoms with Gasteiger partial charge in [0, 0.05) is 36.1 Å². The number of imidazole rings is 1. The molecule has 4 aromatic rings. The number of thiophene rings is 1. The van der Waals surface area contributed by atoms with E-state index in [0.29, 0.717) is 0 Å². The van der Waals surface area contributed by atoms with Gasteiger partial charge in [0.15, 0.2) is 11.5 Å². The molecule has 0 atom stereocenters. The molecule has 7 heteroatoms. The fourth-order valence-electron chi connectivity index (χ4n) is 2.40. The van der Waals surface area contributed by atoms with Gasteiger partial charge in [-0.15, -0.1) is 11.3 Å². The van der Waals surface area contributed by atoms with Gasteiger partial charge in [0.1, 0.15) is 0 Å². The van der Waals surface area contributed by atoms with Gasteiger partial charge in [0.25, 0.3) is 0 Å². The number of nitrogens with zero attached hydrogens (tertiary/aromatic N) is 5. The van der Waals surface area contributed by atoms with Crippen molar-refractivity contribution in [2.24, 2.45) is 7.05 Å². The second-order valence-corrected chi connectivity index (χ2v) is 5.98. The molecule has 0 aliphatic heterocycles. The summed E-state index contributed by atoms with van der Waals surface area (Å²) in [6.45, 7) is 0.749. The number of rotatable bonds is 4. The molecule has 22 heavy (non-hydrogen) atoms. The van der Waals surface area contributed by atoms with Crippen molar-refractivity contribution >= 4 is 22.8 Å². The van der Waals surface area contributed by atoms with Gasteiger partial charge in [-0.2, -0.15) is 5.10 Å². The molecule has 0 aliphatic carbocycles. The van der Waals surface area contributed by atoms with Crippen molar-refractivity contribution in [1.29, 1.82) is 0 Å². The lowest BCUT2D eigenvalue weighted by Gasteiger charge is -2.06. The van der Waals surface area contributed by atoms with E-state index in [2.05, 4.69) is 31.8 Å². The Kier molecular flexibility index (Phi) is 3.12. The van der Waals surface area contributed by atoms with Gasteiger partial charge in [-0.3, -0.25) is 9.08 Å². The van der Waals surface area contributed by atoms with Gasteiger partial charge in [-0.25, -0.2) is 9.97 Å². The third kappa shape index (κ3) is 2.25. The first kappa shape index (κ1) is 13.0. The summed E-state index contributed by atoms with van der Waals surface area (Å²) in [5.74, 6) is 0.783. The molecule has 1 N–H and O–H groups in total. The number of hydrogen-bond acceptors (Lipinski definition) is 5. The van der Waals surface area contributed by atoms with Crippen LogP contribution in [0.4, 0.5) is 5.82 Å². The zero-order valence-corrected chi connectivity index (χ0v) is 12.8. The van der Waals surface area contributed by atoms with E-state index < -0.39 is 0 Å². The van der Waals surface area contributed by atoms with E-state index in [1.54, 1.807) is 22.2 Å². The lowest BCUT2D eigenvalue weighted by molar-refractivity contribution is 0.768. The van der Waals surface area contributed by atoms with Crippen LogP contribution < -0.4 is 5.32 Å². The fourth-order valence-corrected chi connectivity index (χ4v) is 3.04. The topological polar surface area (TPSA) is 60.0 Å². The average molecular weight is 310 g/mol. The molecule has 0 fully saturated rings. The van der Waals surface area contributed by atoms with Gasteiger partial charge in [-0.1, -0.05) is 6.07 Å². The minimum absolute atomic E-state index is 0.749. The van der Waals surface area contributed by atoms with E-state index in [1.807, 2.05) is 42.3 Å². The summed E-state index contributed by atoms with van der Waals surface area (Å²) in [7, 11) is 1.91. The lowest BCUT2D eigenvalue weighted by Crippen LogP contribution is -2.02. The molecular formula is C15H14N6S. The predicted octanol–water partition coefficient (Wildman–Crippen LogP) is 2.80. The molecule has 0 saturated heterocycles. The van der Waals surface area contributed by atoms with Crippen LogP contribution in [0, 0.1) is 0 Å². The largest absolute Gasteiger partial charge is 0.362 e. The van der Waals surface area contributed by atoms with Crippen LogP contribution in [0.2, 0.25) is 0 Å². The smallest absolute Gasteiger partial charge is 0.180 e. The summed E-state index contributed by atoms with van der Waals surface area (Å²) < 4.78 is 3.81. The molecule has 0 saturated carbocycles. The van der Waals surface area contributed by atoms with E-state index in [4.69, 9.17) is 0 Å². The molecule has 0 spiro atoms. The van der Waals surface area contributed by atoms with Crippen LogP contribution >= 0.6 is 11.3 Å². The Morgan fingerprint density at radius 2 is 2.23 bits per heavy atom. The first-order valence-electron chi connectivity index (χ1n) is 6.88. The molecule has 0 amide bonds. The Hall–Kier alpha value is -2.67. The molecule has 6 nitrogen and oxygen atoms in total. The van der Waals surface area contributed by atoms with E-state index in [0.717, 1.165) is 29.3 Å². The number of aryl methyl sites for hydroxylation is 1. The van der Waals surface area contributed by atoms with Crippen molar-refractivity contribution in [3.05, 3.63) is 53.4 Å². The highest BCUT2D eigenvalue weighted by Gasteiger charge is 2.11. The summed E-state index contributed by atoms with van der Waals surface area (Å²) in [6, 6.07) is 4.15. The maximum Gasteiger partial charge on any atom is 0.180 e. The standard InChI is InChI=1S/C15H14N6S/c1-20-10-11(7-19-20)13-9-18-15-14(16-4-5-21(13)15)17-8-12-3-2-6-22-12/h2-7,9-10H,8H2,1H3,(H,16,17). The van der Waals surface area contributed by atoms with E-state index >= 15 is 0 Å². The van der Waals surface area contributed by atoms with Gasteiger partial charge >= 0.3 is 0 Å². The van der Waals surface area contributed by atoms with Crippen molar-refractivity contribution in [3.63, 3.8) is 0 Å². The fraction of sp³-hybridized carbons (Fsp3) is 0.133. The number of anilines is 1. The zero-order chi connectivity index (χ0) is 14.9. The highest BCUT2D eigenvalue weighted by atomic mass is 32.1. The molecule has 4 heterocycles. The number of nitrogens with one attached hydrogen (secondary N) is 1. The predicted molar refractivity (Wildman–Crippen MR) is 86.8 cm³/mol. The Bertz CT molecular complexity index is 905. The Labute approximate surface area is 131 Å². The molecule has 0 bridgehead atoms. The first-order valence-corrected chi connectivity index (χ1v) is 7.76. The van der Waals surface area contributed by atoms with E-state index in [1.165, 1.54) is 4.88 Å². The summed E-state index contributed by atoms with van der Waals surface area (Å²) in [5, 5.41) is 9.64. The molecule has 0 unspecified atom stereocenters. The van der Waals surface area contributed by atoms with Gasteiger partial charge in [0.2, 0.25) is 0 Å². The summed E-state index contributed by atoms with van der Waals surface area (Å²) in [6.07, 6.45) is 9.36. The number of hydrogen-bond donors (Lipinski definition) is 1. The molecule has 0 aromatic carbocycles. The van der Waals surface area contributed by atoms with Crippen molar-refractivity contribution in [1.82, 2.24) is 24.1 Å². The van der Waals surface area contributed by atoms with Crippen molar-refractivity contribution < 1.29 is 0 Å². The van der Waals surface area contributed by atoms with Gasteiger partial charge < -0.3 is 5.32 Å². The summed E-state index contributed by atoms with van der Waals surface area (Å²) in [5.41, 5.74) is 2.85. The Morgan fingerprint density at radius 3 is 3.00 bits per heavy atom. The SMILES string of the molecule is Cn1cc(-c2cnc3c(NCc4cccs4)nccn23)cn1. The van der Waals surface area contributed by atoms with Crippen LogP contribution in [-0.2, 0) is 13.6 Å². The molecule has 110 valence electrons. The van der Waals surface area contributed by atoms with Crippen molar-refractivity contribution in [2.75, 3.05) is 5.32 Å². The first-order chi connectivity index (χ1) is 10.8. The van der Waals surface area contributed by atoms with Crippen LogP contribution in [0.25, 0.3) is 16.9 Å². The summed E-state index contributed by atoms with van der Waals surface area (Å²) in [4.78, 5) is 10.2. The maximum atomic E-state index is 4.51. The minimum Gasteiger partial charge on any atom is -0.362 e. The Balaban J connectivity index is 1.70. The average Bonchev–Trinajstić information content (AvgIpc) is 3.25. The van der Waals surface area contributed by atoms with Crippen LogP contribution in [0.5, 0.6) is 0 Å². The van der Waals surface area contributed by atoms with Crippen LogP contribution in [0.3, 0.4) is 0 Å². The quantitative estimate of drug-likeness (QED) is 0.629. The number of aromatic nitrogens is 5. The van der Waals surface area contributed by atoms with Crippen molar-refractivity contribution in [3.8, 4) is 11.3 Å². The number of fused-ring (bicyclic) bond motifs is 1. The van der Waals surface area contributed by atoms with Crippen LogP contribution in [0.1, 0.15) is 4.88 Å². The molecule has 4 aromatic heterocycles. The molecule has 0 radical (unpaired) electrons. The lowest BCUT2D eigenvalue weighted by atomic mass is 10.3. The zero-order valence-electron chi connectivity index (χ0n) is 12.0. The highest BCUT2D eigenvalue weighted by Crippen LogP contribution is 2.23. The second kappa shape index (κ2) is 5.27. The third-order valence-corrected chi connectivity index (χ3v) is 4.32. The Morgan fingerprint density at radius 1 is 1.27 bits per heavy atom. The highest BCUT2D eigenvalue weighted by molar-refractivity contribution is 7.09. The maximum absolute atomic E-state index is 4.51.